The van der Waals surface area contributed by atoms with Crippen LogP contribution in [0.5, 0.6) is 5.75 Å². The number of nitrogens with one attached hydrogen (secondary N) is 3. The topological polar surface area (TPSA) is 191 Å². The Morgan fingerprint density at radius 3 is 2.06 bits per heavy atom. The normalized spacial score (nSPS) is 14.8. The molecule has 0 fully saturated rings. The predicted molar refractivity (Wildman–Crippen MR) is 111 cm³/mol. The van der Waals surface area contributed by atoms with Gasteiger partial charge in [0.1, 0.15) is 23.9 Å². The van der Waals surface area contributed by atoms with Crippen LogP contribution in [0.1, 0.15) is 26.3 Å². The Morgan fingerprint density at radius 1 is 1.00 bits per heavy atom. The van der Waals surface area contributed by atoms with Crippen LogP contribution < -0.4 is 21.7 Å². The highest BCUT2D eigenvalue weighted by Gasteiger charge is 2.27. The molecule has 0 saturated heterocycles. The molecule has 8 N–H and O–H groups in total. The van der Waals surface area contributed by atoms with Gasteiger partial charge in [0.2, 0.25) is 17.7 Å². The first kappa shape index (κ1) is 25.9. The summed E-state index contributed by atoms with van der Waals surface area (Å²) >= 11 is 0. The molecule has 4 unspecified atom stereocenters. The SMILES string of the molecule is CC(C)C(NC(=O)CNC(=O)C(Cc1ccc(O)cc1)NC(=O)C(N)C(C)O)C(=O)O. The number of carbonyl (C=O) groups is 4. The quantitative estimate of drug-likeness (QED) is 0.216. The third-order valence-corrected chi connectivity index (χ3v) is 4.50. The highest BCUT2D eigenvalue weighted by molar-refractivity contribution is 5.92. The summed E-state index contributed by atoms with van der Waals surface area (Å²) in [6.07, 6.45) is -1.12. The van der Waals surface area contributed by atoms with Gasteiger partial charge in [-0.15, -0.1) is 0 Å². The molecule has 31 heavy (non-hydrogen) atoms. The lowest BCUT2D eigenvalue weighted by Gasteiger charge is -2.22. The van der Waals surface area contributed by atoms with E-state index in [1.807, 2.05) is 0 Å². The lowest BCUT2D eigenvalue weighted by molar-refractivity contribution is -0.143. The first-order chi connectivity index (χ1) is 14.4. The van der Waals surface area contributed by atoms with Crippen molar-refractivity contribution in [2.24, 2.45) is 11.7 Å². The standard InChI is InChI=1S/C20H30N4O7/c1-10(2)17(20(30)31)24-15(27)9-22-18(28)14(23-19(29)16(21)11(3)25)8-12-4-6-13(26)7-5-12/h4-7,10-11,14,16-17,25-26H,8-9,21H2,1-3H3,(H,22,28)(H,23,29)(H,24,27)(H,30,31). The molecule has 1 rings (SSSR count). The number of benzene rings is 1. The molecule has 0 aliphatic heterocycles. The van der Waals surface area contributed by atoms with E-state index >= 15 is 0 Å². The van der Waals surface area contributed by atoms with E-state index in [0.717, 1.165) is 0 Å². The number of hydrogen-bond donors (Lipinski definition) is 7. The average Bonchev–Trinajstić information content (AvgIpc) is 2.69. The summed E-state index contributed by atoms with van der Waals surface area (Å²) in [7, 11) is 0. The molecular weight excluding hydrogens is 408 g/mol. The van der Waals surface area contributed by atoms with Gasteiger partial charge in [-0.2, -0.15) is 0 Å². The van der Waals surface area contributed by atoms with E-state index < -0.39 is 54.5 Å². The monoisotopic (exact) mass is 438 g/mol. The molecule has 0 spiro atoms. The van der Waals surface area contributed by atoms with Gasteiger partial charge in [-0.1, -0.05) is 26.0 Å². The van der Waals surface area contributed by atoms with E-state index in [1.54, 1.807) is 26.0 Å². The molecule has 0 bridgehead atoms. The van der Waals surface area contributed by atoms with Gasteiger partial charge in [-0.05, 0) is 30.5 Å². The molecule has 1 aromatic carbocycles. The number of aromatic hydroxyl groups is 1. The Bertz CT molecular complexity index is 780. The maximum Gasteiger partial charge on any atom is 0.326 e. The van der Waals surface area contributed by atoms with E-state index in [9.17, 15) is 29.4 Å². The first-order valence-corrected chi connectivity index (χ1v) is 9.74. The fraction of sp³-hybridized carbons (Fsp3) is 0.500. The molecule has 0 aliphatic carbocycles. The second-order valence-electron chi connectivity index (χ2n) is 7.54. The number of nitrogens with two attached hydrogens (primary N) is 1. The van der Waals surface area contributed by atoms with Crippen LogP contribution in [0.15, 0.2) is 24.3 Å². The van der Waals surface area contributed by atoms with Gasteiger partial charge in [0.05, 0.1) is 12.6 Å². The highest BCUT2D eigenvalue weighted by Crippen LogP contribution is 2.11. The zero-order valence-electron chi connectivity index (χ0n) is 17.7. The van der Waals surface area contributed by atoms with Crippen molar-refractivity contribution in [3.05, 3.63) is 29.8 Å². The minimum atomic E-state index is -1.26. The molecule has 0 aliphatic rings. The number of aliphatic carboxylic acids is 1. The maximum absolute atomic E-state index is 12.6. The van der Waals surface area contributed by atoms with Crippen molar-refractivity contribution in [2.45, 2.75) is 51.4 Å². The maximum atomic E-state index is 12.6. The smallest absolute Gasteiger partial charge is 0.326 e. The molecule has 0 heterocycles. The van der Waals surface area contributed by atoms with Crippen LogP contribution in [0.2, 0.25) is 0 Å². The third kappa shape index (κ3) is 8.60. The van der Waals surface area contributed by atoms with Crippen LogP contribution in [0.3, 0.4) is 0 Å². The summed E-state index contributed by atoms with van der Waals surface area (Å²) in [5.74, 6) is -3.70. The third-order valence-electron chi connectivity index (χ3n) is 4.50. The molecule has 1 aromatic rings. The Balaban J connectivity index is 2.84. The van der Waals surface area contributed by atoms with Gasteiger partial charge in [-0.25, -0.2) is 4.79 Å². The van der Waals surface area contributed by atoms with Gasteiger partial charge in [0.15, 0.2) is 0 Å². The lowest BCUT2D eigenvalue weighted by Crippen LogP contribution is -2.56. The molecule has 0 saturated carbocycles. The number of carboxylic acid groups (broad SMARTS) is 1. The zero-order valence-corrected chi connectivity index (χ0v) is 17.7. The van der Waals surface area contributed by atoms with Crippen molar-refractivity contribution in [1.29, 1.82) is 0 Å². The first-order valence-electron chi connectivity index (χ1n) is 9.74. The van der Waals surface area contributed by atoms with Crippen molar-refractivity contribution in [1.82, 2.24) is 16.0 Å². The number of phenols is 1. The minimum absolute atomic E-state index is 0.0236. The van der Waals surface area contributed by atoms with Crippen molar-refractivity contribution >= 4 is 23.7 Å². The Hall–Kier alpha value is -3.18. The highest BCUT2D eigenvalue weighted by atomic mass is 16.4. The van der Waals surface area contributed by atoms with E-state index in [2.05, 4.69) is 16.0 Å². The molecule has 0 radical (unpaired) electrons. The number of phenolic OH excluding ortho intramolecular Hbond substituents is 1. The van der Waals surface area contributed by atoms with Crippen molar-refractivity contribution < 1.29 is 34.5 Å². The molecule has 172 valence electrons. The Labute approximate surface area is 180 Å². The molecular formula is C20H30N4O7. The fourth-order valence-electron chi connectivity index (χ4n) is 2.59. The summed E-state index contributed by atoms with van der Waals surface area (Å²) in [6.45, 7) is 4.09. The van der Waals surface area contributed by atoms with Gasteiger partial charge in [0.25, 0.3) is 0 Å². The number of carbonyl (C=O) groups excluding carboxylic acids is 3. The number of rotatable bonds is 11. The largest absolute Gasteiger partial charge is 0.508 e. The summed E-state index contributed by atoms with van der Waals surface area (Å²) in [5, 5.41) is 35.1. The fourth-order valence-corrected chi connectivity index (χ4v) is 2.59. The Kier molecular flexibility index (Phi) is 9.90. The molecule has 3 amide bonds. The number of aliphatic hydroxyl groups is 1. The lowest BCUT2D eigenvalue weighted by atomic mass is 10.0. The predicted octanol–water partition coefficient (Wildman–Crippen LogP) is -1.53. The van der Waals surface area contributed by atoms with Crippen molar-refractivity contribution in [3.8, 4) is 5.75 Å². The molecule has 11 nitrogen and oxygen atoms in total. The van der Waals surface area contributed by atoms with E-state index in [1.165, 1.54) is 19.1 Å². The van der Waals surface area contributed by atoms with Gasteiger partial charge in [-0.3, -0.25) is 14.4 Å². The molecule has 4 atom stereocenters. The van der Waals surface area contributed by atoms with Gasteiger partial charge >= 0.3 is 5.97 Å². The van der Waals surface area contributed by atoms with E-state index in [4.69, 9.17) is 10.8 Å². The number of amides is 3. The van der Waals surface area contributed by atoms with Crippen LogP contribution in [0, 0.1) is 5.92 Å². The number of hydrogen-bond acceptors (Lipinski definition) is 7. The number of carboxylic acids is 1. The number of aliphatic hydroxyl groups excluding tert-OH is 1. The second-order valence-corrected chi connectivity index (χ2v) is 7.54. The molecule has 11 heteroatoms. The van der Waals surface area contributed by atoms with Gasteiger partial charge in [0, 0.05) is 6.42 Å². The van der Waals surface area contributed by atoms with Crippen LogP contribution in [0.4, 0.5) is 0 Å². The van der Waals surface area contributed by atoms with Crippen molar-refractivity contribution in [3.63, 3.8) is 0 Å². The van der Waals surface area contributed by atoms with Gasteiger partial charge < -0.3 is 37.0 Å². The Morgan fingerprint density at radius 2 is 1.58 bits per heavy atom. The van der Waals surface area contributed by atoms with Crippen molar-refractivity contribution in [2.75, 3.05) is 6.54 Å². The summed E-state index contributed by atoms with van der Waals surface area (Å²) in [5.41, 5.74) is 6.22. The minimum Gasteiger partial charge on any atom is -0.508 e. The molecule has 0 aromatic heterocycles. The summed E-state index contributed by atoms with van der Waals surface area (Å²) < 4.78 is 0. The second kappa shape index (κ2) is 11.9. The van der Waals surface area contributed by atoms with Crippen LogP contribution >= 0.6 is 0 Å². The van der Waals surface area contributed by atoms with Crippen LogP contribution in [-0.2, 0) is 25.6 Å². The zero-order chi connectivity index (χ0) is 23.7. The van der Waals surface area contributed by atoms with Crippen LogP contribution in [0.25, 0.3) is 0 Å². The van der Waals surface area contributed by atoms with E-state index in [0.29, 0.717) is 5.56 Å². The summed E-state index contributed by atoms with van der Waals surface area (Å²) in [4.78, 5) is 48.1. The van der Waals surface area contributed by atoms with E-state index in [-0.39, 0.29) is 18.1 Å². The van der Waals surface area contributed by atoms with Crippen LogP contribution in [-0.4, -0.2) is 69.8 Å². The average molecular weight is 438 g/mol. The summed E-state index contributed by atoms with van der Waals surface area (Å²) in [6, 6.07) is 2.45.